The summed E-state index contributed by atoms with van der Waals surface area (Å²) < 4.78 is 64.8. The molecule has 2 nitrogen and oxygen atoms in total. The van der Waals surface area contributed by atoms with Crippen LogP contribution in [0.15, 0.2) is 36.4 Å². The van der Waals surface area contributed by atoms with E-state index in [9.17, 15) is 26.7 Å². The van der Waals surface area contributed by atoms with Gasteiger partial charge in [-0.2, -0.15) is 13.2 Å². The van der Waals surface area contributed by atoms with Gasteiger partial charge in [-0.25, -0.2) is 8.78 Å². The molecule has 0 spiro atoms. The third-order valence-electron chi connectivity index (χ3n) is 3.26. The van der Waals surface area contributed by atoms with Crippen LogP contribution in [0.5, 0.6) is 0 Å². The summed E-state index contributed by atoms with van der Waals surface area (Å²) in [5.74, 6) is -2.36. The average molecular weight is 329 g/mol. The van der Waals surface area contributed by atoms with Gasteiger partial charge in [-0.15, -0.1) is 0 Å². The highest BCUT2D eigenvalue weighted by Gasteiger charge is 2.33. The normalized spacial score (nSPS) is 11.4. The van der Waals surface area contributed by atoms with Gasteiger partial charge in [-0.3, -0.25) is 4.79 Å². The first-order valence-electron chi connectivity index (χ1n) is 6.58. The van der Waals surface area contributed by atoms with E-state index in [1.807, 2.05) is 0 Å². The van der Waals surface area contributed by atoms with Crippen LogP contribution in [0, 0.1) is 18.6 Å². The van der Waals surface area contributed by atoms with Crippen molar-refractivity contribution < 1.29 is 26.7 Å². The first-order chi connectivity index (χ1) is 10.7. The van der Waals surface area contributed by atoms with E-state index in [0.29, 0.717) is 11.6 Å². The lowest BCUT2D eigenvalue weighted by molar-refractivity contribution is -0.138. The fraction of sp³-hybridized carbons (Fsp3) is 0.188. The minimum absolute atomic E-state index is 0.0284. The molecule has 0 heterocycles. The Morgan fingerprint density at radius 2 is 1.65 bits per heavy atom. The molecular formula is C16H12F5NO. The van der Waals surface area contributed by atoms with Crippen LogP contribution in [-0.2, 0) is 12.7 Å². The second-order valence-corrected chi connectivity index (χ2v) is 4.94. The van der Waals surface area contributed by atoms with E-state index >= 15 is 0 Å². The van der Waals surface area contributed by atoms with Crippen LogP contribution in [0.2, 0.25) is 0 Å². The zero-order valence-electron chi connectivity index (χ0n) is 12.0. The second-order valence-electron chi connectivity index (χ2n) is 4.94. The van der Waals surface area contributed by atoms with Crippen molar-refractivity contribution in [2.45, 2.75) is 19.6 Å². The molecule has 0 aliphatic carbocycles. The van der Waals surface area contributed by atoms with Gasteiger partial charge < -0.3 is 5.32 Å². The van der Waals surface area contributed by atoms with Crippen LogP contribution < -0.4 is 5.32 Å². The van der Waals surface area contributed by atoms with Gasteiger partial charge in [0.25, 0.3) is 5.91 Å². The lowest BCUT2D eigenvalue weighted by atomic mass is 10.1. The van der Waals surface area contributed by atoms with E-state index in [1.54, 1.807) is 6.92 Å². The topological polar surface area (TPSA) is 29.1 Å². The van der Waals surface area contributed by atoms with Crippen molar-refractivity contribution in [1.82, 2.24) is 5.32 Å². The Morgan fingerprint density at radius 1 is 1.04 bits per heavy atom. The van der Waals surface area contributed by atoms with Crippen LogP contribution in [0.25, 0.3) is 0 Å². The summed E-state index contributed by atoms with van der Waals surface area (Å²) >= 11 is 0. The van der Waals surface area contributed by atoms with Crippen molar-refractivity contribution in [3.05, 3.63) is 70.3 Å². The van der Waals surface area contributed by atoms with Gasteiger partial charge in [0.15, 0.2) is 0 Å². The number of hydrogen-bond acceptors (Lipinski definition) is 1. The highest BCUT2D eigenvalue weighted by Crippen LogP contribution is 2.32. The van der Waals surface area contributed by atoms with Crippen LogP contribution >= 0.6 is 0 Å². The molecule has 2 rings (SSSR count). The number of aryl methyl sites for hydroxylation is 1. The molecule has 0 saturated heterocycles. The summed E-state index contributed by atoms with van der Waals surface area (Å²) in [6.45, 7) is 1.12. The minimum atomic E-state index is -4.74. The van der Waals surface area contributed by atoms with Crippen LogP contribution in [-0.4, -0.2) is 5.91 Å². The van der Waals surface area contributed by atoms with Crippen LogP contribution in [0.4, 0.5) is 22.0 Å². The summed E-state index contributed by atoms with van der Waals surface area (Å²) in [4.78, 5) is 12.0. The van der Waals surface area contributed by atoms with Gasteiger partial charge in [0.2, 0.25) is 0 Å². The van der Waals surface area contributed by atoms with Gasteiger partial charge >= 0.3 is 6.18 Å². The zero-order chi connectivity index (χ0) is 17.2. The Kier molecular flexibility index (Phi) is 4.68. The maximum atomic E-state index is 13.2. The lowest BCUT2D eigenvalue weighted by Gasteiger charge is -2.14. The molecule has 2 aromatic carbocycles. The van der Waals surface area contributed by atoms with Crippen molar-refractivity contribution in [2.24, 2.45) is 0 Å². The summed E-state index contributed by atoms with van der Waals surface area (Å²) in [5, 5.41) is 2.29. The molecule has 7 heteroatoms. The number of alkyl halides is 3. The predicted molar refractivity (Wildman–Crippen MR) is 73.7 cm³/mol. The fourth-order valence-corrected chi connectivity index (χ4v) is 2.08. The average Bonchev–Trinajstić information content (AvgIpc) is 2.47. The molecular weight excluding hydrogens is 317 g/mol. The van der Waals surface area contributed by atoms with Gasteiger partial charge in [0.05, 0.1) is 5.56 Å². The Bertz CT molecular complexity index is 740. The first-order valence-corrected chi connectivity index (χ1v) is 6.58. The minimum Gasteiger partial charge on any atom is -0.348 e. The largest absolute Gasteiger partial charge is 0.416 e. The molecule has 1 N–H and O–H groups in total. The molecule has 23 heavy (non-hydrogen) atoms. The van der Waals surface area contributed by atoms with E-state index in [2.05, 4.69) is 5.32 Å². The number of carbonyl (C=O) groups excluding carboxylic acids is 1. The van der Waals surface area contributed by atoms with E-state index in [4.69, 9.17) is 0 Å². The van der Waals surface area contributed by atoms with Gasteiger partial charge in [0, 0.05) is 12.1 Å². The van der Waals surface area contributed by atoms with Gasteiger partial charge in [-0.1, -0.05) is 12.1 Å². The molecule has 0 fully saturated rings. The number of rotatable bonds is 3. The quantitative estimate of drug-likeness (QED) is 0.839. The standard InChI is InChI=1S/C16H12F5NO/c1-9-2-4-11(17)6-13(9)15(23)22-8-10-3-5-12(18)7-14(10)16(19,20)21/h2-7H,8H2,1H3,(H,22,23). The highest BCUT2D eigenvalue weighted by molar-refractivity contribution is 5.95. The SMILES string of the molecule is Cc1ccc(F)cc1C(=O)NCc1ccc(F)cc1C(F)(F)F. The predicted octanol–water partition coefficient (Wildman–Crippen LogP) is 4.22. The number of amides is 1. The molecule has 0 bridgehead atoms. The number of halogens is 5. The van der Waals surface area contributed by atoms with Crippen LogP contribution in [0.1, 0.15) is 27.0 Å². The van der Waals surface area contributed by atoms with E-state index < -0.39 is 35.8 Å². The number of carbonyl (C=O) groups is 1. The zero-order valence-corrected chi connectivity index (χ0v) is 12.0. The molecule has 0 atom stereocenters. The summed E-state index contributed by atoms with van der Waals surface area (Å²) in [7, 11) is 0. The number of benzene rings is 2. The van der Waals surface area contributed by atoms with Gasteiger partial charge in [-0.05, 0) is 42.3 Å². The molecule has 1 amide bonds. The fourth-order valence-electron chi connectivity index (χ4n) is 2.08. The molecule has 122 valence electrons. The Morgan fingerprint density at radius 3 is 2.30 bits per heavy atom. The van der Waals surface area contributed by atoms with Crippen molar-refractivity contribution in [3.8, 4) is 0 Å². The molecule has 0 aliphatic rings. The van der Waals surface area contributed by atoms with E-state index in [-0.39, 0.29) is 11.1 Å². The number of hydrogen-bond donors (Lipinski definition) is 1. The van der Waals surface area contributed by atoms with Crippen molar-refractivity contribution in [3.63, 3.8) is 0 Å². The first kappa shape index (κ1) is 16.9. The smallest absolute Gasteiger partial charge is 0.348 e. The van der Waals surface area contributed by atoms with E-state index in [0.717, 1.165) is 18.2 Å². The molecule has 2 aromatic rings. The van der Waals surface area contributed by atoms with Crippen LogP contribution in [0.3, 0.4) is 0 Å². The molecule has 0 aliphatic heterocycles. The third kappa shape index (κ3) is 4.06. The highest BCUT2D eigenvalue weighted by atomic mass is 19.4. The molecule has 0 unspecified atom stereocenters. The summed E-state index contributed by atoms with van der Waals surface area (Å²) in [6.07, 6.45) is -4.74. The Balaban J connectivity index is 2.21. The molecule has 0 saturated carbocycles. The Hall–Kier alpha value is -2.44. The van der Waals surface area contributed by atoms with Crippen molar-refractivity contribution in [2.75, 3.05) is 0 Å². The third-order valence-corrected chi connectivity index (χ3v) is 3.26. The maximum absolute atomic E-state index is 13.2. The lowest BCUT2D eigenvalue weighted by Crippen LogP contribution is -2.25. The number of nitrogens with one attached hydrogen (secondary N) is 1. The summed E-state index contributed by atoms with van der Waals surface area (Å²) in [6, 6.07) is 5.77. The van der Waals surface area contributed by atoms with Crippen molar-refractivity contribution in [1.29, 1.82) is 0 Å². The maximum Gasteiger partial charge on any atom is 0.416 e. The van der Waals surface area contributed by atoms with E-state index in [1.165, 1.54) is 12.1 Å². The Labute approximate surface area is 128 Å². The summed E-state index contributed by atoms with van der Waals surface area (Å²) in [5.41, 5.74) is -0.921. The van der Waals surface area contributed by atoms with Gasteiger partial charge in [0.1, 0.15) is 11.6 Å². The monoisotopic (exact) mass is 329 g/mol. The second kappa shape index (κ2) is 6.36. The molecule has 0 aromatic heterocycles. The molecule has 0 radical (unpaired) electrons. The van der Waals surface area contributed by atoms with Crippen molar-refractivity contribution >= 4 is 5.91 Å².